The van der Waals surface area contributed by atoms with Crippen LogP contribution in [0.25, 0.3) is 22.3 Å². The first kappa shape index (κ1) is 20.9. The summed E-state index contributed by atoms with van der Waals surface area (Å²) in [6, 6.07) is 8.26. The van der Waals surface area contributed by atoms with Gasteiger partial charge >= 0.3 is 0 Å². The van der Waals surface area contributed by atoms with Gasteiger partial charge < -0.3 is 28.5 Å². The van der Waals surface area contributed by atoms with E-state index in [0.29, 0.717) is 30.1 Å². The molecule has 0 unspecified atom stereocenters. The van der Waals surface area contributed by atoms with Crippen molar-refractivity contribution in [2.45, 2.75) is 6.42 Å². The summed E-state index contributed by atoms with van der Waals surface area (Å²) in [5, 5.41) is 11.2. The Hall–Kier alpha value is -2.87. The third kappa shape index (κ3) is 3.98. The molecule has 154 valence electrons. The van der Waals surface area contributed by atoms with Crippen LogP contribution < -0.4 is 24.4 Å². The predicted octanol–water partition coefficient (Wildman–Crippen LogP) is 4.36. The third-order valence-corrected chi connectivity index (χ3v) is 4.90. The highest BCUT2D eigenvalue weighted by Crippen LogP contribution is 2.40. The number of alkyl halides is 1. The summed E-state index contributed by atoms with van der Waals surface area (Å²) in [5.41, 5.74) is 0.304. The molecule has 1 N–H and O–H groups in total. The van der Waals surface area contributed by atoms with Crippen LogP contribution >= 0.6 is 15.9 Å². The van der Waals surface area contributed by atoms with Crippen molar-refractivity contribution in [1.29, 1.82) is 0 Å². The lowest BCUT2D eigenvalue weighted by Gasteiger charge is -2.14. The van der Waals surface area contributed by atoms with Crippen molar-refractivity contribution in [3.05, 3.63) is 40.6 Å². The van der Waals surface area contributed by atoms with Gasteiger partial charge in [-0.2, -0.15) is 0 Å². The number of phenolic OH excluding ortho intramolecular Hbond substituents is 1. The molecule has 7 nitrogen and oxygen atoms in total. The largest absolute Gasteiger partial charge is 0.504 e. The molecule has 0 aliphatic carbocycles. The average molecular weight is 465 g/mol. The van der Waals surface area contributed by atoms with E-state index >= 15 is 0 Å². The summed E-state index contributed by atoms with van der Waals surface area (Å²) in [6.07, 6.45) is 0.687. The van der Waals surface area contributed by atoms with Gasteiger partial charge in [0.2, 0.25) is 11.2 Å². The van der Waals surface area contributed by atoms with Gasteiger partial charge in [0.05, 0.1) is 27.9 Å². The molecule has 0 bridgehead atoms. The van der Waals surface area contributed by atoms with Crippen LogP contribution in [0.4, 0.5) is 0 Å². The molecule has 0 aliphatic rings. The van der Waals surface area contributed by atoms with Crippen LogP contribution in [-0.2, 0) is 0 Å². The van der Waals surface area contributed by atoms with E-state index in [0.717, 1.165) is 5.33 Å². The molecule has 0 atom stereocenters. The van der Waals surface area contributed by atoms with Gasteiger partial charge in [-0.1, -0.05) is 15.9 Å². The molecule has 2 aromatic carbocycles. The molecule has 0 saturated carbocycles. The van der Waals surface area contributed by atoms with Gasteiger partial charge in [0, 0.05) is 10.9 Å². The number of benzene rings is 2. The van der Waals surface area contributed by atoms with E-state index in [9.17, 15) is 9.90 Å². The Morgan fingerprint density at radius 3 is 2.34 bits per heavy atom. The maximum Gasteiger partial charge on any atom is 0.239 e. The number of hydrogen-bond acceptors (Lipinski definition) is 7. The second-order valence-corrected chi connectivity index (χ2v) is 6.83. The summed E-state index contributed by atoms with van der Waals surface area (Å²) < 4.78 is 27.5. The maximum absolute atomic E-state index is 13.2. The maximum atomic E-state index is 13.2. The van der Waals surface area contributed by atoms with E-state index in [-0.39, 0.29) is 34.0 Å². The van der Waals surface area contributed by atoms with Gasteiger partial charge in [-0.3, -0.25) is 4.79 Å². The summed E-state index contributed by atoms with van der Waals surface area (Å²) in [4.78, 5) is 13.2. The summed E-state index contributed by atoms with van der Waals surface area (Å²) in [6.45, 7) is 0.298. The lowest BCUT2D eigenvalue weighted by atomic mass is 10.1. The molecule has 1 aromatic heterocycles. The first-order valence-electron chi connectivity index (χ1n) is 8.83. The van der Waals surface area contributed by atoms with Gasteiger partial charge in [0.25, 0.3) is 0 Å². The molecule has 3 rings (SSSR count). The SMILES string of the molecule is COc1ccc(-c2oc3ccc(OC)c(O)c3c(=O)c2OCCCBr)cc1OC. The normalized spacial score (nSPS) is 10.8. The van der Waals surface area contributed by atoms with Crippen LogP contribution in [0.2, 0.25) is 0 Å². The van der Waals surface area contributed by atoms with E-state index in [4.69, 9.17) is 23.4 Å². The molecule has 0 amide bonds. The van der Waals surface area contributed by atoms with Gasteiger partial charge in [0.15, 0.2) is 28.8 Å². The van der Waals surface area contributed by atoms with Crippen LogP contribution in [-0.4, -0.2) is 38.4 Å². The second kappa shape index (κ2) is 9.09. The van der Waals surface area contributed by atoms with Crippen molar-refractivity contribution in [1.82, 2.24) is 0 Å². The molecule has 0 aliphatic heterocycles. The van der Waals surface area contributed by atoms with Gasteiger partial charge in [-0.25, -0.2) is 0 Å². The number of aromatic hydroxyl groups is 1. The van der Waals surface area contributed by atoms with Crippen molar-refractivity contribution in [3.63, 3.8) is 0 Å². The van der Waals surface area contributed by atoms with Gasteiger partial charge in [-0.15, -0.1) is 0 Å². The van der Waals surface area contributed by atoms with E-state index in [1.807, 2.05) is 0 Å². The zero-order valence-electron chi connectivity index (χ0n) is 16.3. The summed E-state index contributed by atoms with van der Waals surface area (Å²) in [5.74, 6) is 1.16. The number of halogens is 1. The van der Waals surface area contributed by atoms with Crippen molar-refractivity contribution in [2.75, 3.05) is 33.3 Å². The Labute approximate surface area is 175 Å². The molecule has 0 saturated heterocycles. The van der Waals surface area contributed by atoms with Crippen LogP contribution in [0.1, 0.15) is 6.42 Å². The van der Waals surface area contributed by atoms with Crippen LogP contribution in [0.5, 0.6) is 28.7 Å². The molecule has 0 fully saturated rings. The number of methoxy groups -OCH3 is 3. The molecule has 29 heavy (non-hydrogen) atoms. The lowest BCUT2D eigenvalue weighted by molar-refractivity contribution is 0.310. The molecule has 8 heteroatoms. The van der Waals surface area contributed by atoms with E-state index in [1.165, 1.54) is 20.3 Å². The highest BCUT2D eigenvalue weighted by atomic mass is 79.9. The van der Waals surface area contributed by atoms with Crippen LogP contribution in [0.15, 0.2) is 39.5 Å². The topological polar surface area (TPSA) is 87.4 Å². The first-order valence-corrected chi connectivity index (χ1v) is 9.95. The van der Waals surface area contributed by atoms with Gasteiger partial charge in [-0.05, 0) is 36.8 Å². The number of ether oxygens (including phenoxy) is 4. The summed E-state index contributed by atoms with van der Waals surface area (Å²) in [7, 11) is 4.47. The number of phenols is 1. The molecular formula is C21H21BrO7. The van der Waals surface area contributed by atoms with Crippen LogP contribution in [0.3, 0.4) is 0 Å². The molecule has 0 radical (unpaired) electrons. The fourth-order valence-electron chi connectivity index (χ4n) is 2.92. The van der Waals surface area contributed by atoms with Crippen molar-refractivity contribution >= 4 is 26.9 Å². The smallest absolute Gasteiger partial charge is 0.239 e. The molecule has 3 aromatic rings. The van der Waals surface area contributed by atoms with E-state index < -0.39 is 5.43 Å². The Bertz CT molecular complexity index is 1070. The minimum Gasteiger partial charge on any atom is -0.504 e. The van der Waals surface area contributed by atoms with E-state index in [1.54, 1.807) is 31.4 Å². The predicted molar refractivity (Wildman–Crippen MR) is 113 cm³/mol. The molecular weight excluding hydrogens is 444 g/mol. The Kier molecular flexibility index (Phi) is 6.53. The fourth-order valence-corrected chi connectivity index (χ4v) is 3.15. The number of hydrogen-bond donors (Lipinski definition) is 1. The standard InChI is InChI=1S/C21H21BrO7/c1-25-13-6-5-12(11-16(13)27-3)20-21(28-10-4-9-22)19(24)17-14(29-20)7-8-15(26-2)18(17)23/h5-8,11,23H,4,9-10H2,1-3H3. The van der Waals surface area contributed by atoms with Crippen molar-refractivity contribution < 1.29 is 28.5 Å². The number of rotatable bonds is 8. The van der Waals surface area contributed by atoms with Gasteiger partial charge in [0.1, 0.15) is 11.0 Å². The monoisotopic (exact) mass is 464 g/mol. The third-order valence-electron chi connectivity index (χ3n) is 4.34. The highest BCUT2D eigenvalue weighted by Gasteiger charge is 2.22. The lowest BCUT2D eigenvalue weighted by Crippen LogP contribution is -2.12. The Morgan fingerprint density at radius 1 is 1.00 bits per heavy atom. The summed E-state index contributed by atoms with van der Waals surface area (Å²) >= 11 is 3.34. The van der Waals surface area contributed by atoms with Crippen LogP contribution in [0, 0.1) is 0 Å². The zero-order valence-corrected chi connectivity index (χ0v) is 17.9. The highest BCUT2D eigenvalue weighted by molar-refractivity contribution is 9.09. The minimum absolute atomic E-state index is 0.00224. The van der Waals surface area contributed by atoms with E-state index in [2.05, 4.69) is 15.9 Å². The fraction of sp³-hybridized carbons (Fsp3) is 0.286. The molecule has 1 heterocycles. The average Bonchev–Trinajstić information content (AvgIpc) is 2.74. The second-order valence-electron chi connectivity index (χ2n) is 6.04. The quantitative estimate of drug-likeness (QED) is 0.391. The first-order chi connectivity index (χ1) is 14.0. The van der Waals surface area contributed by atoms with Crippen molar-refractivity contribution in [3.8, 4) is 40.1 Å². The molecule has 0 spiro atoms. The Morgan fingerprint density at radius 2 is 1.69 bits per heavy atom. The van der Waals surface area contributed by atoms with Crippen molar-refractivity contribution in [2.24, 2.45) is 0 Å². The number of fused-ring (bicyclic) bond motifs is 1. The minimum atomic E-state index is -0.484. The Balaban J connectivity index is 2.27. The zero-order chi connectivity index (χ0) is 21.0.